The van der Waals surface area contributed by atoms with Crippen LogP contribution >= 0.6 is 11.3 Å². The molecule has 0 bridgehead atoms. The lowest BCUT2D eigenvalue weighted by Gasteiger charge is -2.43. The number of halogens is 2. The van der Waals surface area contributed by atoms with Crippen LogP contribution in [0.15, 0.2) is 17.5 Å². The van der Waals surface area contributed by atoms with Crippen LogP contribution in [0.2, 0.25) is 0 Å². The first-order chi connectivity index (χ1) is 20.7. The van der Waals surface area contributed by atoms with Crippen LogP contribution in [0, 0.1) is 5.41 Å². The fourth-order valence-corrected chi connectivity index (χ4v) is 4.46. The van der Waals surface area contributed by atoms with Crippen molar-refractivity contribution >= 4 is 11.3 Å². The molecule has 5 N–H and O–H groups in total. The van der Waals surface area contributed by atoms with E-state index < -0.39 is 41.5 Å². The van der Waals surface area contributed by atoms with Gasteiger partial charge >= 0.3 is 0 Å². The molecule has 1 rings (SSSR count). The van der Waals surface area contributed by atoms with Crippen molar-refractivity contribution in [1.82, 2.24) is 0 Å². The minimum absolute atomic E-state index is 0.0217. The van der Waals surface area contributed by atoms with Crippen LogP contribution in [-0.2, 0) is 34.8 Å². The average molecular weight is 658 g/mol. The molecular weight excluding hydrogens is 600 g/mol. The third-order valence-electron chi connectivity index (χ3n) is 7.46. The predicted molar refractivity (Wildman–Crippen MR) is 166 cm³/mol. The fourth-order valence-electron chi connectivity index (χ4n) is 3.77. The van der Waals surface area contributed by atoms with Gasteiger partial charge in [-0.05, 0) is 58.4 Å². The Balaban J connectivity index is 2.27. The number of hydrogen-bond acceptors (Lipinski definition) is 11. The predicted octanol–water partition coefficient (Wildman–Crippen LogP) is 3.78. The second kappa shape index (κ2) is 21.1. The topological polar surface area (TPSA) is 142 Å². The average Bonchev–Trinajstić information content (AvgIpc) is 3.47. The van der Waals surface area contributed by atoms with Gasteiger partial charge in [0.25, 0.3) is 0 Å². The molecule has 0 fully saturated rings. The molecule has 1 heterocycles. The highest BCUT2D eigenvalue weighted by molar-refractivity contribution is 7.09. The number of thiophene rings is 1. The van der Waals surface area contributed by atoms with Crippen LogP contribution in [0.25, 0.3) is 0 Å². The Labute approximate surface area is 266 Å². The lowest BCUT2D eigenvalue weighted by atomic mass is 9.82. The quantitative estimate of drug-likeness (QED) is 0.0777. The third kappa shape index (κ3) is 17.7. The normalized spacial score (nSPS) is 18.0. The maximum absolute atomic E-state index is 14.9. The molecule has 0 spiro atoms. The summed E-state index contributed by atoms with van der Waals surface area (Å²) >= 11 is 1.69. The minimum Gasteiger partial charge on any atom is -0.396 e. The Kier molecular flexibility index (Phi) is 19.8. The van der Waals surface area contributed by atoms with Crippen LogP contribution < -0.4 is 5.73 Å². The van der Waals surface area contributed by atoms with E-state index in [1.54, 1.807) is 25.2 Å². The monoisotopic (exact) mass is 657 g/mol. The fraction of sp³-hybridized carbons (Fsp3) is 0.871. The van der Waals surface area contributed by atoms with Gasteiger partial charge in [-0.2, -0.15) is 0 Å². The molecule has 0 aliphatic rings. The highest BCUT2D eigenvalue weighted by atomic mass is 32.1. The van der Waals surface area contributed by atoms with Crippen LogP contribution in [0.5, 0.6) is 0 Å². The van der Waals surface area contributed by atoms with E-state index in [0.717, 1.165) is 6.42 Å². The molecule has 0 aliphatic carbocycles. The summed E-state index contributed by atoms with van der Waals surface area (Å²) in [5.74, 6) is -2.02. The summed E-state index contributed by atoms with van der Waals surface area (Å²) in [7, 11) is 0. The van der Waals surface area contributed by atoms with Crippen LogP contribution in [0.4, 0.5) is 8.78 Å². The van der Waals surface area contributed by atoms with Gasteiger partial charge in [0.15, 0.2) is 0 Å². The number of hydrogen-bond donors (Lipinski definition) is 4. The molecule has 5 unspecified atom stereocenters. The Morgan fingerprint density at radius 3 is 2.16 bits per heavy atom. The minimum atomic E-state index is -2.02. The molecule has 0 amide bonds. The molecule has 1 aromatic heterocycles. The van der Waals surface area contributed by atoms with Crippen molar-refractivity contribution in [2.24, 2.45) is 11.1 Å². The maximum Gasteiger partial charge on any atom is 0.208 e. The molecule has 260 valence electrons. The van der Waals surface area contributed by atoms with Gasteiger partial charge < -0.3 is 49.5 Å². The van der Waals surface area contributed by atoms with Gasteiger partial charge in [0.2, 0.25) is 5.85 Å². The van der Waals surface area contributed by atoms with Crippen LogP contribution in [-0.4, -0.2) is 117 Å². The van der Waals surface area contributed by atoms with Crippen molar-refractivity contribution in [2.45, 2.75) is 96.1 Å². The molecule has 44 heavy (non-hydrogen) atoms. The van der Waals surface area contributed by atoms with Gasteiger partial charge in [-0.15, -0.1) is 11.3 Å². The SMILES string of the molecule is CC(C)(CCOCC(O)CCO)OCC(C)(CF)C(C)(N)OCCC(C)(F)OCCOCC(O)CCOCCc1cccs1. The van der Waals surface area contributed by atoms with E-state index in [2.05, 4.69) is 6.07 Å². The summed E-state index contributed by atoms with van der Waals surface area (Å²) in [6.45, 7) is 8.61. The summed E-state index contributed by atoms with van der Waals surface area (Å²) in [6, 6.07) is 4.06. The number of rotatable bonds is 28. The highest BCUT2D eigenvalue weighted by Crippen LogP contribution is 2.34. The highest BCUT2D eigenvalue weighted by Gasteiger charge is 2.45. The van der Waals surface area contributed by atoms with Gasteiger partial charge in [0, 0.05) is 37.5 Å². The van der Waals surface area contributed by atoms with Gasteiger partial charge in [-0.3, -0.25) is 4.39 Å². The first-order valence-electron chi connectivity index (χ1n) is 15.3. The number of alkyl halides is 2. The van der Waals surface area contributed by atoms with Crippen molar-refractivity contribution in [1.29, 1.82) is 0 Å². The van der Waals surface area contributed by atoms with Crippen LogP contribution in [0.1, 0.15) is 65.2 Å². The second-order valence-corrected chi connectivity index (χ2v) is 13.4. The smallest absolute Gasteiger partial charge is 0.208 e. The Hall–Kier alpha value is -0.840. The summed E-state index contributed by atoms with van der Waals surface area (Å²) < 4.78 is 62.6. The zero-order valence-electron chi connectivity index (χ0n) is 27.2. The van der Waals surface area contributed by atoms with Gasteiger partial charge in [0.1, 0.15) is 12.4 Å². The molecule has 13 heteroatoms. The van der Waals surface area contributed by atoms with E-state index in [0.29, 0.717) is 32.7 Å². The lowest BCUT2D eigenvalue weighted by Crippen LogP contribution is -2.58. The van der Waals surface area contributed by atoms with Gasteiger partial charge in [0.05, 0.1) is 69.5 Å². The molecule has 0 radical (unpaired) electrons. The first kappa shape index (κ1) is 41.2. The molecule has 0 aliphatic heterocycles. The zero-order chi connectivity index (χ0) is 33.1. The van der Waals surface area contributed by atoms with Crippen molar-refractivity contribution < 1.29 is 52.5 Å². The Morgan fingerprint density at radius 2 is 1.52 bits per heavy atom. The Morgan fingerprint density at radius 1 is 0.841 bits per heavy atom. The molecule has 1 aromatic rings. The molecule has 5 atom stereocenters. The summed E-state index contributed by atoms with van der Waals surface area (Å²) in [4.78, 5) is 1.26. The van der Waals surface area contributed by atoms with Crippen LogP contribution in [0.3, 0.4) is 0 Å². The zero-order valence-corrected chi connectivity index (χ0v) is 28.0. The first-order valence-corrected chi connectivity index (χ1v) is 16.2. The largest absolute Gasteiger partial charge is 0.396 e. The van der Waals surface area contributed by atoms with E-state index in [1.807, 2.05) is 25.3 Å². The molecule has 0 saturated heterocycles. The van der Waals surface area contributed by atoms with E-state index in [-0.39, 0.29) is 59.1 Å². The maximum atomic E-state index is 14.9. The standard InChI is InChI=1S/C31H57F2NO9S/c1-28(2,11-16-39-21-25(36)8-13-35)43-24-29(3,23-32)31(5,34)42-17-12-30(4,33)41-19-18-40-22-26(37)9-14-38-15-10-27-7-6-20-44-27/h6-7,20,25-26,35-37H,8-19,21-24,34H2,1-5H3. The Bertz CT molecular complexity index is 848. The van der Waals surface area contributed by atoms with Crippen molar-refractivity contribution in [3.63, 3.8) is 0 Å². The summed E-state index contributed by atoms with van der Waals surface area (Å²) in [5.41, 5.74) is 3.00. The molecule has 0 saturated carbocycles. The number of ether oxygens (including phenoxy) is 6. The van der Waals surface area contributed by atoms with Gasteiger partial charge in [-0.1, -0.05) is 13.0 Å². The third-order valence-corrected chi connectivity index (χ3v) is 8.39. The van der Waals surface area contributed by atoms with E-state index in [4.69, 9.17) is 39.3 Å². The van der Waals surface area contributed by atoms with Crippen molar-refractivity contribution in [3.8, 4) is 0 Å². The molecule has 0 aromatic carbocycles. The van der Waals surface area contributed by atoms with E-state index in [1.165, 1.54) is 11.8 Å². The van der Waals surface area contributed by atoms with Crippen molar-refractivity contribution in [3.05, 3.63) is 22.4 Å². The van der Waals surface area contributed by atoms with E-state index >= 15 is 0 Å². The summed E-state index contributed by atoms with van der Waals surface area (Å²) in [5, 5.41) is 30.5. The van der Waals surface area contributed by atoms with Gasteiger partial charge in [-0.25, -0.2) is 4.39 Å². The lowest BCUT2D eigenvalue weighted by molar-refractivity contribution is -0.193. The summed E-state index contributed by atoms with van der Waals surface area (Å²) in [6.07, 6.45) is 0.444. The van der Waals surface area contributed by atoms with E-state index in [9.17, 15) is 19.0 Å². The number of aliphatic hydroxyl groups excluding tert-OH is 3. The molecule has 10 nitrogen and oxygen atoms in total. The molecular formula is C31H57F2NO9S. The van der Waals surface area contributed by atoms with Crippen molar-refractivity contribution in [2.75, 3.05) is 72.7 Å². The number of aliphatic hydroxyl groups is 3. The number of nitrogens with two attached hydrogens (primary N) is 1. The second-order valence-electron chi connectivity index (χ2n) is 12.3.